The van der Waals surface area contributed by atoms with E-state index in [4.69, 9.17) is 0 Å². The van der Waals surface area contributed by atoms with Crippen molar-refractivity contribution < 1.29 is 15.3 Å². The summed E-state index contributed by atoms with van der Waals surface area (Å²) in [5.74, 6) is 0.0371. The highest BCUT2D eigenvalue weighted by atomic mass is 16.3. The molecule has 0 atom stereocenters. The number of nitrogens with zero attached hydrogens (tertiary/aromatic N) is 2. The molecule has 104 valence electrons. The van der Waals surface area contributed by atoms with Crippen LogP contribution in [0.3, 0.4) is 0 Å². The number of phenols is 1. The minimum absolute atomic E-state index is 0.0209. The van der Waals surface area contributed by atoms with Crippen molar-refractivity contribution in [3.05, 3.63) is 46.8 Å². The van der Waals surface area contributed by atoms with Gasteiger partial charge in [-0.15, -0.1) is 0 Å². The molecule has 0 bridgehead atoms. The average molecular weight is 272 g/mol. The standard InChI is InChI=1S/C15H16N2O3/c1-9-3-4-14(19)13(5-9)17-7-12-11(8-18)6-16-10(2)15(12)20/h3-7,18-20H,8H2,1-2H3. The van der Waals surface area contributed by atoms with Gasteiger partial charge in [-0.05, 0) is 31.5 Å². The number of aromatic nitrogens is 1. The SMILES string of the molecule is Cc1ccc(O)c(N=Cc2c(CO)cnc(C)c2O)c1. The smallest absolute Gasteiger partial charge is 0.145 e. The molecule has 0 aliphatic rings. The number of hydrogen-bond donors (Lipinski definition) is 3. The van der Waals surface area contributed by atoms with Crippen molar-refractivity contribution in [2.45, 2.75) is 20.5 Å². The average Bonchev–Trinajstić information content (AvgIpc) is 2.44. The third kappa shape index (κ3) is 2.78. The van der Waals surface area contributed by atoms with Gasteiger partial charge in [0.1, 0.15) is 17.2 Å². The van der Waals surface area contributed by atoms with Gasteiger partial charge in [-0.2, -0.15) is 0 Å². The molecule has 0 aliphatic carbocycles. The van der Waals surface area contributed by atoms with Crippen molar-refractivity contribution in [3.63, 3.8) is 0 Å². The van der Waals surface area contributed by atoms with Crippen LogP contribution in [0.2, 0.25) is 0 Å². The summed E-state index contributed by atoms with van der Waals surface area (Å²) in [5.41, 5.74) is 2.71. The Labute approximate surface area is 116 Å². The van der Waals surface area contributed by atoms with Crippen LogP contribution in [0, 0.1) is 13.8 Å². The number of aliphatic imine (C=N–C) groups is 1. The lowest BCUT2D eigenvalue weighted by atomic mass is 10.1. The van der Waals surface area contributed by atoms with E-state index in [-0.39, 0.29) is 18.1 Å². The van der Waals surface area contributed by atoms with E-state index in [0.717, 1.165) is 5.56 Å². The van der Waals surface area contributed by atoms with E-state index in [2.05, 4.69) is 9.98 Å². The maximum Gasteiger partial charge on any atom is 0.145 e. The minimum Gasteiger partial charge on any atom is -0.506 e. The highest BCUT2D eigenvalue weighted by molar-refractivity contribution is 5.88. The van der Waals surface area contributed by atoms with Crippen molar-refractivity contribution in [1.82, 2.24) is 4.98 Å². The lowest BCUT2D eigenvalue weighted by Gasteiger charge is -2.07. The van der Waals surface area contributed by atoms with Crippen LogP contribution in [0.1, 0.15) is 22.4 Å². The molecular formula is C15H16N2O3. The normalized spacial score (nSPS) is 11.2. The van der Waals surface area contributed by atoms with E-state index >= 15 is 0 Å². The second-order valence-electron chi connectivity index (χ2n) is 4.54. The first-order chi connectivity index (χ1) is 9.52. The van der Waals surface area contributed by atoms with Gasteiger partial charge in [-0.25, -0.2) is 0 Å². The topological polar surface area (TPSA) is 85.9 Å². The van der Waals surface area contributed by atoms with Gasteiger partial charge in [0.05, 0.1) is 12.3 Å². The Morgan fingerprint density at radius 1 is 1.25 bits per heavy atom. The largest absolute Gasteiger partial charge is 0.506 e. The molecule has 0 unspecified atom stereocenters. The molecule has 0 fully saturated rings. The Hall–Kier alpha value is -2.40. The molecule has 2 rings (SSSR count). The van der Waals surface area contributed by atoms with E-state index in [1.165, 1.54) is 12.4 Å². The summed E-state index contributed by atoms with van der Waals surface area (Å²) in [6, 6.07) is 5.07. The molecule has 5 nitrogen and oxygen atoms in total. The first-order valence-corrected chi connectivity index (χ1v) is 6.15. The summed E-state index contributed by atoms with van der Waals surface area (Å²) < 4.78 is 0. The number of benzene rings is 1. The van der Waals surface area contributed by atoms with Crippen molar-refractivity contribution in [2.24, 2.45) is 4.99 Å². The fourth-order valence-electron chi connectivity index (χ4n) is 1.79. The summed E-state index contributed by atoms with van der Waals surface area (Å²) in [6.07, 6.45) is 2.91. The molecule has 20 heavy (non-hydrogen) atoms. The number of aliphatic hydroxyl groups is 1. The number of aryl methyl sites for hydroxylation is 2. The lowest BCUT2D eigenvalue weighted by molar-refractivity contribution is 0.280. The van der Waals surface area contributed by atoms with E-state index in [9.17, 15) is 15.3 Å². The third-order valence-corrected chi connectivity index (χ3v) is 2.99. The molecule has 3 N–H and O–H groups in total. The first-order valence-electron chi connectivity index (χ1n) is 6.15. The quantitative estimate of drug-likeness (QED) is 0.749. The number of hydrogen-bond acceptors (Lipinski definition) is 5. The maximum absolute atomic E-state index is 9.98. The van der Waals surface area contributed by atoms with Gasteiger partial charge < -0.3 is 15.3 Å². The van der Waals surface area contributed by atoms with Crippen LogP contribution in [-0.4, -0.2) is 26.5 Å². The Bertz CT molecular complexity index is 666. The molecule has 0 saturated heterocycles. The summed E-state index contributed by atoms with van der Waals surface area (Å²) >= 11 is 0. The van der Waals surface area contributed by atoms with Gasteiger partial charge >= 0.3 is 0 Å². The van der Waals surface area contributed by atoms with Gasteiger partial charge in [0.2, 0.25) is 0 Å². The molecule has 0 amide bonds. The fourth-order valence-corrected chi connectivity index (χ4v) is 1.79. The van der Waals surface area contributed by atoms with Gasteiger partial charge in [0.15, 0.2) is 0 Å². The van der Waals surface area contributed by atoms with Crippen molar-refractivity contribution in [2.75, 3.05) is 0 Å². The third-order valence-electron chi connectivity index (χ3n) is 2.99. The molecule has 0 saturated carbocycles. The van der Waals surface area contributed by atoms with E-state index in [1.54, 1.807) is 25.1 Å². The number of aliphatic hydroxyl groups excluding tert-OH is 1. The highest BCUT2D eigenvalue weighted by Gasteiger charge is 2.09. The molecule has 2 aromatic rings. The summed E-state index contributed by atoms with van der Waals surface area (Å²) in [5, 5.41) is 29.0. The van der Waals surface area contributed by atoms with Crippen LogP contribution in [0.25, 0.3) is 0 Å². The number of aromatic hydroxyl groups is 2. The van der Waals surface area contributed by atoms with Crippen LogP contribution in [-0.2, 0) is 6.61 Å². The van der Waals surface area contributed by atoms with Crippen LogP contribution in [0.4, 0.5) is 5.69 Å². The molecule has 0 spiro atoms. The van der Waals surface area contributed by atoms with Crippen molar-refractivity contribution in [1.29, 1.82) is 0 Å². The highest BCUT2D eigenvalue weighted by Crippen LogP contribution is 2.28. The monoisotopic (exact) mass is 272 g/mol. The zero-order valence-corrected chi connectivity index (χ0v) is 11.3. The molecule has 1 aromatic carbocycles. The van der Waals surface area contributed by atoms with Crippen LogP contribution in [0.5, 0.6) is 11.5 Å². The Kier molecular flexibility index (Phi) is 4.00. The molecule has 0 radical (unpaired) electrons. The van der Waals surface area contributed by atoms with E-state index < -0.39 is 0 Å². The predicted molar refractivity (Wildman–Crippen MR) is 76.7 cm³/mol. The van der Waals surface area contributed by atoms with Gasteiger partial charge in [0.25, 0.3) is 0 Å². The predicted octanol–water partition coefficient (Wildman–Crippen LogP) is 2.35. The summed E-state index contributed by atoms with van der Waals surface area (Å²) in [7, 11) is 0. The number of rotatable bonds is 3. The number of pyridine rings is 1. The zero-order chi connectivity index (χ0) is 14.7. The van der Waals surface area contributed by atoms with Crippen LogP contribution >= 0.6 is 0 Å². The van der Waals surface area contributed by atoms with Gasteiger partial charge in [-0.1, -0.05) is 6.07 Å². The maximum atomic E-state index is 9.98. The number of phenolic OH excluding ortho intramolecular Hbond substituents is 1. The lowest BCUT2D eigenvalue weighted by Crippen LogP contribution is -1.97. The summed E-state index contributed by atoms with van der Waals surface area (Å²) in [4.78, 5) is 8.15. The van der Waals surface area contributed by atoms with Crippen LogP contribution in [0.15, 0.2) is 29.4 Å². The molecule has 1 heterocycles. The van der Waals surface area contributed by atoms with E-state index in [1.807, 2.05) is 6.92 Å². The zero-order valence-electron chi connectivity index (χ0n) is 11.3. The molecule has 0 aliphatic heterocycles. The summed E-state index contributed by atoms with van der Waals surface area (Å²) in [6.45, 7) is 3.31. The first kappa shape index (κ1) is 14.0. The van der Waals surface area contributed by atoms with Crippen molar-refractivity contribution >= 4 is 11.9 Å². The fraction of sp³-hybridized carbons (Fsp3) is 0.200. The van der Waals surface area contributed by atoms with Crippen molar-refractivity contribution in [3.8, 4) is 11.5 Å². The second kappa shape index (κ2) is 5.71. The van der Waals surface area contributed by atoms with E-state index in [0.29, 0.717) is 22.5 Å². The minimum atomic E-state index is -0.248. The van der Waals surface area contributed by atoms with Crippen LogP contribution < -0.4 is 0 Å². The Balaban J connectivity index is 2.46. The van der Waals surface area contributed by atoms with Gasteiger partial charge in [-0.3, -0.25) is 9.98 Å². The molecule has 1 aromatic heterocycles. The molecule has 5 heteroatoms. The van der Waals surface area contributed by atoms with Gasteiger partial charge in [0, 0.05) is 23.5 Å². The Morgan fingerprint density at radius 3 is 2.70 bits per heavy atom. The Morgan fingerprint density at radius 2 is 2.00 bits per heavy atom. The second-order valence-corrected chi connectivity index (χ2v) is 4.54. The molecular weight excluding hydrogens is 256 g/mol.